The lowest BCUT2D eigenvalue weighted by atomic mass is 10.0. The second-order valence-electron chi connectivity index (χ2n) is 8.25. The number of hydrogen-bond acceptors (Lipinski definition) is 4. The monoisotopic (exact) mass is 386 g/mol. The van der Waals surface area contributed by atoms with Gasteiger partial charge in [0.1, 0.15) is 6.17 Å². The predicted octanol–water partition coefficient (Wildman–Crippen LogP) is 6.75. The summed E-state index contributed by atoms with van der Waals surface area (Å²) in [5.41, 5.74) is 4.51. The molecule has 4 heteroatoms. The Morgan fingerprint density at radius 1 is 0.690 bits per heavy atom. The van der Waals surface area contributed by atoms with Gasteiger partial charge in [-0.1, -0.05) is 71.0 Å². The fourth-order valence-electron chi connectivity index (χ4n) is 4.14. The van der Waals surface area contributed by atoms with E-state index in [4.69, 9.17) is 9.97 Å². The van der Waals surface area contributed by atoms with E-state index in [0.29, 0.717) is 11.8 Å². The highest BCUT2D eigenvalue weighted by atomic mass is 15.5. The van der Waals surface area contributed by atoms with Crippen LogP contribution < -0.4 is 9.80 Å². The molecule has 3 aromatic rings. The van der Waals surface area contributed by atoms with Crippen LogP contribution in [0.5, 0.6) is 0 Å². The first-order valence-electron chi connectivity index (χ1n) is 10.6. The fraction of sp³-hybridized carbons (Fsp3) is 0.360. The van der Waals surface area contributed by atoms with Crippen LogP contribution in [-0.4, -0.2) is 16.1 Å². The first-order valence-corrected chi connectivity index (χ1v) is 10.6. The molecule has 4 rings (SSSR count). The number of para-hydroxylation sites is 2. The molecular formula is C25H30N4. The lowest BCUT2D eigenvalue weighted by Crippen LogP contribution is -2.37. The maximum atomic E-state index is 5.23. The molecule has 0 saturated heterocycles. The normalized spacial score (nSPS) is 14.2. The Hall–Kier alpha value is -2.88. The summed E-state index contributed by atoms with van der Waals surface area (Å²) in [6.07, 6.45) is 1.09. The van der Waals surface area contributed by atoms with Crippen molar-refractivity contribution in [3.63, 3.8) is 0 Å². The highest BCUT2D eigenvalue weighted by Crippen LogP contribution is 2.47. The zero-order valence-corrected chi connectivity index (χ0v) is 18.0. The van der Waals surface area contributed by atoms with Gasteiger partial charge in [-0.25, -0.2) is 9.97 Å². The average Bonchev–Trinajstić information content (AvgIpc) is 3.07. The van der Waals surface area contributed by atoms with Crippen molar-refractivity contribution >= 4 is 23.0 Å². The van der Waals surface area contributed by atoms with Gasteiger partial charge in [0.25, 0.3) is 0 Å². The van der Waals surface area contributed by atoms with E-state index in [1.165, 1.54) is 0 Å². The standard InChI is InChI=1S/C25H30N4/c1-6-21-28(19-13-9-7-10-14-19)24-25(29(21)20-15-11-8-12-16-20)27-23(18(4)5)22(26-24)17(2)3/h7-18,21H,6H2,1-5H3. The molecule has 0 N–H and O–H groups in total. The average molecular weight is 387 g/mol. The zero-order valence-electron chi connectivity index (χ0n) is 18.0. The molecule has 0 unspecified atom stereocenters. The minimum absolute atomic E-state index is 0.136. The van der Waals surface area contributed by atoms with Gasteiger partial charge >= 0.3 is 0 Å². The van der Waals surface area contributed by atoms with Crippen molar-refractivity contribution in [2.24, 2.45) is 0 Å². The van der Waals surface area contributed by atoms with E-state index in [9.17, 15) is 0 Å². The van der Waals surface area contributed by atoms with Gasteiger partial charge < -0.3 is 9.80 Å². The molecule has 0 spiro atoms. The first kappa shape index (κ1) is 19.4. The van der Waals surface area contributed by atoms with E-state index < -0.39 is 0 Å². The Morgan fingerprint density at radius 3 is 1.38 bits per heavy atom. The Labute approximate surface area is 174 Å². The second kappa shape index (κ2) is 7.86. The number of hydrogen-bond donors (Lipinski definition) is 0. The largest absolute Gasteiger partial charge is 0.302 e. The molecule has 1 aromatic heterocycles. The SMILES string of the molecule is CCC1N(c2ccccc2)c2nc(C(C)C)c(C(C)C)nc2N1c1ccccc1. The van der Waals surface area contributed by atoms with Crippen molar-refractivity contribution in [1.82, 2.24) is 9.97 Å². The summed E-state index contributed by atoms with van der Waals surface area (Å²) in [7, 11) is 0. The van der Waals surface area contributed by atoms with Crippen LogP contribution in [0.3, 0.4) is 0 Å². The van der Waals surface area contributed by atoms with Gasteiger partial charge in [0, 0.05) is 11.4 Å². The summed E-state index contributed by atoms with van der Waals surface area (Å²) in [6.45, 7) is 11.1. The van der Waals surface area contributed by atoms with Crippen LogP contribution in [0, 0.1) is 0 Å². The van der Waals surface area contributed by atoms with Gasteiger partial charge in [0.15, 0.2) is 11.6 Å². The third-order valence-corrected chi connectivity index (χ3v) is 5.50. The van der Waals surface area contributed by atoms with Gasteiger partial charge in [-0.05, 0) is 42.5 Å². The third kappa shape index (κ3) is 3.37. The number of fused-ring (bicyclic) bond motifs is 1. The molecule has 2 aromatic carbocycles. The van der Waals surface area contributed by atoms with Crippen molar-refractivity contribution in [3.8, 4) is 0 Å². The fourth-order valence-corrected chi connectivity index (χ4v) is 4.14. The van der Waals surface area contributed by atoms with E-state index in [1.807, 2.05) is 0 Å². The Bertz CT molecular complexity index is 888. The maximum absolute atomic E-state index is 5.23. The molecule has 0 aliphatic carbocycles. The minimum Gasteiger partial charge on any atom is -0.302 e. The van der Waals surface area contributed by atoms with Crippen LogP contribution in [-0.2, 0) is 0 Å². The van der Waals surface area contributed by atoms with Crippen LogP contribution in [0.1, 0.15) is 64.3 Å². The highest BCUT2D eigenvalue weighted by molar-refractivity contribution is 5.83. The molecule has 0 saturated carbocycles. The number of aromatic nitrogens is 2. The number of rotatable bonds is 5. The van der Waals surface area contributed by atoms with Crippen molar-refractivity contribution in [2.45, 2.75) is 59.0 Å². The van der Waals surface area contributed by atoms with Crippen LogP contribution in [0.2, 0.25) is 0 Å². The predicted molar refractivity (Wildman–Crippen MR) is 121 cm³/mol. The van der Waals surface area contributed by atoms with E-state index >= 15 is 0 Å². The second-order valence-corrected chi connectivity index (χ2v) is 8.25. The molecule has 0 fully saturated rings. The van der Waals surface area contributed by atoms with Crippen molar-refractivity contribution < 1.29 is 0 Å². The van der Waals surface area contributed by atoms with Crippen molar-refractivity contribution in [3.05, 3.63) is 72.1 Å². The number of anilines is 4. The topological polar surface area (TPSA) is 32.3 Å². The summed E-state index contributed by atoms with van der Waals surface area (Å²) in [5, 5.41) is 0. The molecule has 29 heavy (non-hydrogen) atoms. The van der Waals surface area contributed by atoms with E-state index in [-0.39, 0.29) is 6.17 Å². The van der Waals surface area contributed by atoms with Crippen molar-refractivity contribution in [1.29, 1.82) is 0 Å². The molecule has 4 nitrogen and oxygen atoms in total. The van der Waals surface area contributed by atoms with Gasteiger partial charge in [-0.15, -0.1) is 0 Å². The maximum Gasteiger partial charge on any atom is 0.178 e. The van der Waals surface area contributed by atoms with Gasteiger partial charge in [-0.3, -0.25) is 0 Å². The lowest BCUT2D eigenvalue weighted by molar-refractivity contribution is 0.662. The summed E-state index contributed by atoms with van der Waals surface area (Å²) >= 11 is 0. The Balaban J connectivity index is 1.99. The molecule has 2 heterocycles. The van der Waals surface area contributed by atoms with Crippen LogP contribution in [0.4, 0.5) is 23.0 Å². The van der Waals surface area contributed by atoms with Gasteiger partial charge in [-0.2, -0.15) is 0 Å². The van der Waals surface area contributed by atoms with E-state index in [0.717, 1.165) is 40.8 Å². The molecule has 0 amide bonds. The zero-order chi connectivity index (χ0) is 20.5. The molecule has 0 atom stereocenters. The molecule has 1 aliphatic rings. The third-order valence-electron chi connectivity index (χ3n) is 5.50. The van der Waals surface area contributed by atoms with Gasteiger partial charge in [0.2, 0.25) is 0 Å². The Kier molecular flexibility index (Phi) is 5.27. The number of nitrogens with zero attached hydrogens (tertiary/aromatic N) is 4. The first-order chi connectivity index (χ1) is 14.0. The minimum atomic E-state index is 0.136. The summed E-state index contributed by atoms with van der Waals surface area (Å²) in [6, 6.07) is 21.1. The molecular weight excluding hydrogens is 356 g/mol. The van der Waals surface area contributed by atoms with Crippen LogP contribution in [0.25, 0.3) is 0 Å². The summed E-state index contributed by atoms with van der Waals surface area (Å²) in [5.74, 6) is 2.57. The summed E-state index contributed by atoms with van der Waals surface area (Å²) < 4.78 is 0. The molecule has 0 bridgehead atoms. The van der Waals surface area contributed by atoms with Crippen molar-refractivity contribution in [2.75, 3.05) is 9.80 Å². The molecule has 0 radical (unpaired) electrons. The number of benzene rings is 2. The van der Waals surface area contributed by atoms with Crippen LogP contribution >= 0.6 is 0 Å². The van der Waals surface area contributed by atoms with Crippen LogP contribution in [0.15, 0.2) is 60.7 Å². The lowest BCUT2D eigenvalue weighted by Gasteiger charge is -2.31. The molecule has 1 aliphatic heterocycles. The quantitative estimate of drug-likeness (QED) is 0.485. The Morgan fingerprint density at radius 2 is 1.07 bits per heavy atom. The van der Waals surface area contributed by atoms with E-state index in [1.54, 1.807) is 0 Å². The van der Waals surface area contributed by atoms with E-state index in [2.05, 4.69) is 105 Å². The summed E-state index contributed by atoms with van der Waals surface area (Å²) in [4.78, 5) is 15.2. The smallest absolute Gasteiger partial charge is 0.178 e. The molecule has 150 valence electrons. The highest BCUT2D eigenvalue weighted by Gasteiger charge is 2.40. The van der Waals surface area contributed by atoms with Gasteiger partial charge in [0.05, 0.1) is 11.4 Å².